The summed E-state index contributed by atoms with van der Waals surface area (Å²) >= 11 is 0. The van der Waals surface area contributed by atoms with E-state index >= 15 is 0 Å². The van der Waals surface area contributed by atoms with Crippen molar-refractivity contribution in [2.45, 2.75) is 13.5 Å². The maximum Gasteiger partial charge on any atom is 0.222 e. The lowest BCUT2D eigenvalue weighted by molar-refractivity contribution is 0.296. The summed E-state index contributed by atoms with van der Waals surface area (Å²) in [6.45, 7) is 1.98. The van der Waals surface area contributed by atoms with Gasteiger partial charge in [-0.2, -0.15) is 4.98 Å². The van der Waals surface area contributed by atoms with E-state index in [4.69, 9.17) is 30.4 Å². The van der Waals surface area contributed by atoms with Crippen molar-refractivity contribution >= 4 is 11.8 Å². The molecule has 2 rings (SSSR count). The highest BCUT2D eigenvalue weighted by molar-refractivity contribution is 5.54. The van der Waals surface area contributed by atoms with E-state index in [0.29, 0.717) is 28.7 Å². The highest BCUT2D eigenvalue weighted by atomic mass is 16.5. The number of methoxy groups -OCH3 is 3. The minimum absolute atomic E-state index is 0.111. The lowest BCUT2D eigenvalue weighted by atomic mass is 10.2. The topological polar surface area (TPSA) is 115 Å². The molecule has 0 spiro atoms. The molecule has 124 valence electrons. The fraction of sp³-hybridized carbons (Fsp3) is 0.333. The molecule has 0 aliphatic carbocycles. The number of anilines is 2. The maximum atomic E-state index is 5.82. The van der Waals surface area contributed by atoms with Crippen molar-refractivity contribution < 1.29 is 18.9 Å². The van der Waals surface area contributed by atoms with Crippen LogP contribution in [0.25, 0.3) is 0 Å². The van der Waals surface area contributed by atoms with Gasteiger partial charge in [-0.1, -0.05) is 0 Å². The number of benzene rings is 1. The molecule has 1 aromatic carbocycles. The molecule has 4 N–H and O–H groups in total. The Balaban J connectivity index is 2.28. The molecule has 1 aromatic heterocycles. The normalized spacial score (nSPS) is 10.3. The Labute approximate surface area is 134 Å². The van der Waals surface area contributed by atoms with Gasteiger partial charge in [0.15, 0.2) is 23.1 Å². The number of nitrogens with two attached hydrogens (primary N) is 2. The molecule has 0 aliphatic rings. The second-order valence-electron chi connectivity index (χ2n) is 4.70. The number of nitrogens with zero attached hydrogens (tertiary/aromatic N) is 2. The van der Waals surface area contributed by atoms with Crippen LogP contribution in [0, 0.1) is 6.92 Å². The fourth-order valence-electron chi connectivity index (χ4n) is 2.16. The monoisotopic (exact) mass is 320 g/mol. The molecule has 1 heterocycles. The molecule has 8 heteroatoms. The Morgan fingerprint density at radius 3 is 2.00 bits per heavy atom. The van der Waals surface area contributed by atoms with E-state index < -0.39 is 0 Å². The van der Waals surface area contributed by atoms with Gasteiger partial charge in [0.25, 0.3) is 0 Å². The molecule has 2 aromatic rings. The van der Waals surface area contributed by atoms with E-state index in [1.807, 2.05) is 0 Å². The number of aromatic nitrogens is 2. The average Bonchev–Trinajstić information content (AvgIpc) is 2.52. The Hall–Kier alpha value is -2.90. The Kier molecular flexibility index (Phi) is 4.95. The molecule has 23 heavy (non-hydrogen) atoms. The summed E-state index contributed by atoms with van der Waals surface area (Å²) in [4.78, 5) is 7.93. The second-order valence-corrected chi connectivity index (χ2v) is 4.70. The van der Waals surface area contributed by atoms with Gasteiger partial charge in [0.1, 0.15) is 6.61 Å². The van der Waals surface area contributed by atoms with Gasteiger partial charge in [-0.25, -0.2) is 4.98 Å². The van der Waals surface area contributed by atoms with E-state index in [1.165, 1.54) is 0 Å². The third-order valence-electron chi connectivity index (χ3n) is 3.19. The smallest absolute Gasteiger partial charge is 0.222 e. The largest absolute Gasteiger partial charge is 0.493 e. The number of ether oxygens (including phenoxy) is 4. The number of hydrogen-bond donors (Lipinski definition) is 2. The first kappa shape index (κ1) is 16.5. The highest BCUT2D eigenvalue weighted by Gasteiger charge is 2.15. The third-order valence-corrected chi connectivity index (χ3v) is 3.19. The van der Waals surface area contributed by atoms with Crippen molar-refractivity contribution in [3.8, 4) is 23.0 Å². The summed E-state index contributed by atoms with van der Waals surface area (Å²) in [6.07, 6.45) is 0. The van der Waals surface area contributed by atoms with Crippen molar-refractivity contribution in [1.82, 2.24) is 9.97 Å². The van der Waals surface area contributed by atoms with Gasteiger partial charge in [0.2, 0.25) is 11.7 Å². The van der Waals surface area contributed by atoms with Crippen molar-refractivity contribution in [1.29, 1.82) is 0 Å². The van der Waals surface area contributed by atoms with Crippen LogP contribution in [0.1, 0.15) is 11.3 Å². The quantitative estimate of drug-likeness (QED) is 0.824. The van der Waals surface area contributed by atoms with E-state index in [0.717, 1.165) is 5.56 Å². The summed E-state index contributed by atoms with van der Waals surface area (Å²) in [6, 6.07) is 3.59. The predicted octanol–water partition coefficient (Wildman–Crippen LogP) is 1.55. The SMILES string of the molecule is COc1cc(COc2c(C)nc(N)nc2N)cc(OC)c1OC. The van der Waals surface area contributed by atoms with Crippen molar-refractivity contribution in [3.05, 3.63) is 23.4 Å². The summed E-state index contributed by atoms with van der Waals surface area (Å²) in [5, 5.41) is 0. The summed E-state index contributed by atoms with van der Waals surface area (Å²) in [7, 11) is 4.65. The predicted molar refractivity (Wildman–Crippen MR) is 86.0 cm³/mol. The van der Waals surface area contributed by atoms with Crippen LogP contribution < -0.4 is 30.4 Å². The summed E-state index contributed by atoms with van der Waals surface area (Å²) in [5.74, 6) is 2.31. The lowest BCUT2D eigenvalue weighted by Gasteiger charge is -2.15. The van der Waals surface area contributed by atoms with Crippen molar-refractivity contribution in [3.63, 3.8) is 0 Å². The van der Waals surface area contributed by atoms with Crippen LogP contribution in [0.2, 0.25) is 0 Å². The van der Waals surface area contributed by atoms with Gasteiger partial charge in [-0.05, 0) is 24.6 Å². The van der Waals surface area contributed by atoms with Gasteiger partial charge in [0, 0.05) is 0 Å². The lowest BCUT2D eigenvalue weighted by Crippen LogP contribution is -2.07. The maximum absolute atomic E-state index is 5.82. The van der Waals surface area contributed by atoms with E-state index in [2.05, 4.69) is 9.97 Å². The van der Waals surface area contributed by atoms with Crippen molar-refractivity contribution in [2.75, 3.05) is 32.8 Å². The van der Waals surface area contributed by atoms with E-state index in [1.54, 1.807) is 40.4 Å². The first-order chi connectivity index (χ1) is 11.0. The van der Waals surface area contributed by atoms with E-state index in [9.17, 15) is 0 Å². The van der Waals surface area contributed by atoms with Gasteiger partial charge in [-0.15, -0.1) is 0 Å². The Morgan fingerprint density at radius 1 is 0.913 bits per heavy atom. The van der Waals surface area contributed by atoms with Crippen LogP contribution in [0.3, 0.4) is 0 Å². The first-order valence-corrected chi connectivity index (χ1v) is 6.81. The zero-order valence-corrected chi connectivity index (χ0v) is 13.5. The third kappa shape index (κ3) is 3.47. The number of rotatable bonds is 6. The van der Waals surface area contributed by atoms with Crippen LogP contribution in [0.4, 0.5) is 11.8 Å². The molecular weight excluding hydrogens is 300 g/mol. The second kappa shape index (κ2) is 6.91. The van der Waals surface area contributed by atoms with Crippen LogP contribution in [-0.4, -0.2) is 31.3 Å². The molecule has 8 nitrogen and oxygen atoms in total. The molecule has 0 bridgehead atoms. The molecule has 0 atom stereocenters. The van der Waals surface area contributed by atoms with Crippen LogP contribution in [0.15, 0.2) is 12.1 Å². The zero-order chi connectivity index (χ0) is 17.0. The molecule has 0 aliphatic heterocycles. The molecule has 0 saturated heterocycles. The molecule has 0 fully saturated rings. The molecule has 0 radical (unpaired) electrons. The van der Waals surface area contributed by atoms with Gasteiger partial charge in [0.05, 0.1) is 27.0 Å². The van der Waals surface area contributed by atoms with Crippen LogP contribution >= 0.6 is 0 Å². The molecule has 0 amide bonds. The van der Waals surface area contributed by atoms with E-state index in [-0.39, 0.29) is 18.4 Å². The highest BCUT2D eigenvalue weighted by Crippen LogP contribution is 2.38. The molecular formula is C15H20N4O4. The van der Waals surface area contributed by atoms with Crippen LogP contribution in [0.5, 0.6) is 23.0 Å². The van der Waals surface area contributed by atoms with Crippen molar-refractivity contribution in [2.24, 2.45) is 0 Å². The Bertz CT molecular complexity index is 658. The number of aryl methyl sites for hydroxylation is 1. The molecule has 0 unspecified atom stereocenters. The van der Waals surface area contributed by atoms with Crippen LogP contribution in [-0.2, 0) is 6.61 Å². The zero-order valence-electron chi connectivity index (χ0n) is 13.5. The summed E-state index contributed by atoms with van der Waals surface area (Å²) in [5.41, 5.74) is 12.7. The van der Waals surface area contributed by atoms with Gasteiger partial charge < -0.3 is 30.4 Å². The Morgan fingerprint density at radius 2 is 1.52 bits per heavy atom. The first-order valence-electron chi connectivity index (χ1n) is 6.81. The van der Waals surface area contributed by atoms with Gasteiger partial charge in [-0.3, -0.25) is 0 Å². The summed E-state index contributed by atoms with van der Waals surface area (Å²) < 4.78 is 21.6. The van der Waals surface area contributed by atoms with Gasteiger partial charge >= 0.3 is 0 Å². The average molecular weight is 320 g/mol. The number of nitrogen functional groups attached to an aromatic ring is 2. The standard InChI is InChI=1S/C15H20N4O4/c1-8-12(14(16)19-15(17)18-8)23-7-9-5-10(20-2)13(22-4)11(6-9)21-3/h5-6H,7H2,1-4H3,(H4,16,17,18,19). The minimum atomic E-state index is 0.111. The minimum Gasteiger partial charge on any atom is -0.493 e. The number of hydrogen-bond acceptors (Lipinski definition) is 8. The fourth-order valence-corrected chi connectivity index (χ4v) is 2.16. The molecule has 0 saturated carbocycles.